The zero-order chi connectivity index (χ0) is 27.6. The smallest absolute Gasteiger partial charge is 0.387 e. The number of anilines is 1. The summed E-state index contributed by atoms with van der Waals surface area (Å²) in [5, 5.41) is 11.7. The minimum absolute atomic E-state index is 0.0117. The van der Waals surface area contributed by atoms with E-state index in [-0.39, 0.29) is 23.8 Å². The Morgan fingerprint density at radius 1 is 1.23 bits per heavy atom. The molecule has 0 radical (unpaired) electrons. The molecular formula is C26H28F2N8O4. The molecule has 3 aromatic rings. The van der Waals surface area contributed by atoms with E-state index in [4.69, 9.17) is 9.47 Å². The lowest BCUT2D eigenvalue weighted by Gasteiger charge is -2.29. The van der Waals surface area contributed by atoms with Crippen molar-refractivity contribution in [2.45, 2.75) is 31.9 Å². The second-order valence-electron chi connectivity index (χ2n) is 9.66. The van der Waals surface area contributed by atoms with Crippen LogP contribution in [0.4, 0.5) is 14.5 Å². The molecule has 1 saturated heterocycles. The molecule has 210 valence electrons. The fourth-order valence-electron chi connectivity index (χ4n) is 5.13. The third kappa shape index (κ3) is 5.21. The number of fused-ring (bicyclic) bond motifs is 2. The molecular weight excluding hydrogens is 526 g/mol. The van der Waals surface area contributed by atoms with Crippen molar-refractivity contribution in [1.29, 1.82) is 0 Å². The maximum Gasteiger partial charge on any atom is 0.387 e. The first-order chi connectivity index (χ1) is 19.5. The van der Waals surface area contributed by atoms with Crippen LogP contribution in [0, 0.1) is 0 Å². The van der Waals surface area contributed by atoms with E-state index >= 15 is 0 Å². The molecule has 1 unspecified atom stereocenters. The van der Waals surface area contributed by atoms with Crippen molar-refractivity contribution in [3.63, 3.8) is 0 Å². The van der Waals surface area contributed by atoms with Crippen molar-refractivity contribution in [3.8, 4) is 11.5 Å². The van der Waals surface area contributed by atoms with Gasteiger partial charge in [-0.05, 0) is 31.4 Å². The summed E-state index contributed by atoms with van der Waals surface area (Å²) in [5.41, 5.74) is 4.92. The number of ether oxygens (including phenoxy) is 2. The number of alkyl halides is 2. The largest absolute Gasteiger partial charge is 0.490 e. The van der Waals surface area contributed by atoms with E-state index in [1.54, 1.807) is 40.6 Å². The first-order valence-electron chi connectivity index (χ1n) is 13.1. The second kappa shape index (κ2) is 11.0. The van der Waals surface area contributed by atoms with Gasteiger partial charge in [-0.3, -0.25) is 9.59 Å². The number of carbonyl (C=O) groups excluding carboxylic acids is 2. The van der Waals surface area contributed by atoms with Gasteiger partial charge < -0.3 is 30.0 Å². The topological polar surface area (TPSA) is 125 Å². The molecule has 2 amide bonds. The van der Waals surface area contributed by atoms with Crippen LogP contribution < -0.4 is 25.5 Å². The van der Waals surface area contributed by atoms with Crippen LogP contribution in [0.2, 0.25) is 0 Å². The summed E-state index contributed by atoms with van der Waals surface area (Å²) in [4.78, 5) is 32.4. The highest BCUT2D eigenvalue weighted by atomic mass is 19.3. The Balaban J connectivity index is 1.33. The van der Waals surface area contributed by atoms with Crippen LogP contribution >= 0.6 is 0 Å². The molecule has 0 saturated carbocycles. The van der Waals surface area contributed by atoms with Crippen molar-refractivity contribution in [2.24, 2.45) is 0 Å². The summed E-state index contributed by atoms with van der Waals surface area (Å²) in [5.74, 6) is -0.205. The number of amides is 2. The van der Waals surface area contributed by atoms with Gasteiger partial charge in [-0.25, -0.2) is 14.9 Å². The standard InChI is InChI=1S/C26H28F2N8O4/c27-26(28)40-20-12-18-21(39-10-6-29-18)11-16(20)23-19(14-35(33-23)15-22(37)34-7-2-1-3-8-34)32-25(38)17-13-31-36-9-4-5-30-24(17)36/h4-5,9,11-14,23,26,29,33H,1-3,6-8,10,15H2,(H,32,38). The Morgan fingerprint density at radius 2 is 2.08 bits per heavy atom. The number of hydrazine groups is 1. The highest BCUT2D eigenvalue weighted by Crippen LogP contribution is 2.41. The molecule has 0 spiro atoms. The van der Waals surface area contributed by atoms with Gasteiger partial charge in [0.1, 0.15) is 30.2 Å². The highest BCUT2D eigenvalue weighted by Gasteiger charge is 2.34. The van der Waals surface area contributed by atoms with Crippen molar-refractivity contribution in [3.05, 3.63) is 59.8 Å². The lowest BCUT2D eigenvalue weighted by atomic mass is 10.0. The fraction of sp³-hybridized carbons (Fsp3) is 0.385. The Kier molecular flexibility index (Phi) is 7.07. The number of nitrogens with zero attached hydrogens (tertiary/aromatic N) is 5. The van der Waals surface area contributed by atoms with Gasteiger partial charge in [0, 0.05) is 49.9 Å². The van der Waals surface area contributed by atoms with Crippen LogP contribution in [0.25, 0.3) is 5.65 Å². The van der Waals surface area contributed by atoms with Gasteiger partial charge in [-0.15, -0.1) is 0 Å². The van der Waals surface area contributed by atoms with Gasteiger partial charge >= 0.3 is 6.61 Å². The molecule has 0 aliphatic carbocycles. The number of likely N-dealkylation sites (tertiary alicyclic amines) is 1. The minimum atomic E-state index is -3.08. The number of rotatable bonds is 7. The van der Waals surface area contributed by atoms with Crippen LogP contribution in [0.3, 0.4) is 0 Å². The minimum Gasteiger partial charge on any atom is -0.490 e. The normalized spacial score (nSPS) is 18.7. The van der Waals surface area contributed by atoms with E-state index in [1.807, 2.05) is 0 Å². The summed E-state index contributed by atoms with van der Waals surface area (Å²) < 4.78 is 39.0. The van der Waals surface area contributed by atoms with Crippen LogP contribution in [-0.4, -0.2) is 75.7 Å². The Hall–Kier alpha value is -4.46. The highest BCUT2D eigenvalue weighted by molar-refractivity contribution is 6.00. The molecule has 3 N–H and O–H groups in total. The van der Waals surface area contributed by atoms with E-state index in [1.165, 1.54) is 16.8 Å². The number of benzene rings is 1. The van der Waals surface area contributed by atoms with Crippen LogP contribution in [0.15, 0.2) is 48.7 Å². The average molecular weight is 555 g/mol. The number of hydrogen-bond acceptors (Lipinski definition) is 9. The van der Waals surface area contributed by atoms with E-state index in [0.29, 0.717) is 54.6 Å². The van der Waals surface area contributed by atoms with E-state index in [0.717, 1.165) is 19.3 Å². The van der Waals surface area contributed by atoms with Crippen molar-refractivity contribution in [1.82, 2.24) is 35.2 Å². The Morgan fingerprint density at radius 3 is 2.90 bits per heavy atom. The van der Waals surface area contributed by atoms with Crippen LogP contribution in [0.5, 0.6) is 11.5 Å². The first-order valence-corrected chi connectivity index (χ1v) is 13.1. The van der Waals surface area contributed by atoms with Crippen LogP contribution in [-0.2, 0) is 4.79 Å². The molecule has 3 aliphatic heterocycles. The zero-order valence-electron chi connectivity index (χ0n) is 21.5. The summed E-state index contributed by atoms with van der Waals surface area (Å²) in [6.45, 7) is -0.798. The number of halogens is 2. The molecule has 5 heterocycles. The van der Waals surface area contributed by atoms with E-state index < -0.39 is 18.6 Å². The summed E-state index contributed by atoms with van der Waals surface area (Å²) in [7, 11) is 0. The van der Waals surface area contributed by atoms with Gasteiger partial charge in [0.15, 0.2) is 5.65 Å². The fourth-order valence-corrected chi connectivity index (χ4v) is 5.13. The number of carbonyl (C=O) groups is 2. The Labute approximate surface area is 227 Å². The zero-order valence-corrected chi connectivity index (χ0v) is 21.5. The number of aromatic nitrogens is 3. The van der Waals surface area contributed by atoms with Gasteiger partial charge in [-0.2, -0.15) is 13.9 Å². The van der Waals surface area contributed by atoms with E-state index in [2.05, 4.69) is 26.1 Å². The van der Waals surface area contributed by atoms with Gasteiger partial charge in [0.25, 0.3) is 5.91 Å². The molecule has 1 fully saturated rings. The molecule has 40 heavy (non-hydrogen) atoms. The summed E-state index contributed by atoms with van der Waals surface area (Å²) >= 11 is 0. The summed E-state index contributed by atoms with van der Waals surface area (Å²) in [6, 6.07) is 3.91. The molecule has 14 heteroatoms. The molecule has 2 aromatic heterocycles. The molecule has 1 atom stereocenters. The van der Waals surface area contributed by atoms with Gasteiger partial charge in [0.2, 0.25) is 5.91 Å². The second-order valence-corrected chi connectivity index (χ2v) is 9.66. The maximum atomic E-state index is 13.5. The third-order valence-electron chi connectivity index (χ3n) is 7.01. The average Bonchev–Trinajstić information content (AvgIpc) is 3.57. The molecule has 12 nitrogen and oxygen atoms in total. The van der Waals surface area contributed by atoms with E-state index in [9.17, 15) is 18.4 Å². The molecule has 6 rings (SSSR count). The van der Waals surface area contributed by atoms with Crippen molar-refractivity contribution < 1.29 is 27.8 Å². The van der Waals surface area contributed by atoms with Gasteiger partial charge in [-0.1, -0.05) is 0 Å². The van der Waals surface area contributed by atoms with Crippen molar-refractivity contribution >= 4 is 23.1 Å². The van der Waals surface area contributed by atoms with Crippen LogP contribution in [0.1, 0.15) is 41.2 Å². The maximum absolute atomic E-state index is 13.5. The predicted molar refractivity (Wildman–Crippen MR) is 139 cm³/mol. The lowest BCUT2D eigenvalue weighted by Crippen LogP contribution is -2.44. The molecule has 0 bridgehead atoms. The summed E-state index contributed by atoms with van der Waals surface area (Å²) in [6.07, 6.45) is 9.20. The van der Waals surface area contributed by atoms with Gasteiger partial charge in [0.05, 0.1) is 23.6 Å². The first kappa shape index (κ1) is 25.8. The predicted octanol–water partition coefficient (Wildman–Crippen LogP) is 2.28. The lowest BCUT2D eigenvalue weighted by molar-refractivity contribution is -0.133. The molecule has 3 aliphatic rings. The molecule has 1 aromatic carbocycles. The third-order valence-corrected chi connectivity index (χ3v) is 7.01. The Bertz CT molecular complexity index is 1460. The van der Waals surface area contributed by atoms with Crippen molar-refractivity contribution in [2.75, 3.05) is 38.1 Å². The number of hydrogen-bond donors (Lipinski definition) is 3. The number of piperidine rings is 1. The SMILES string of the molecule is O=C(NC1=CN(CC(=O)N2CCCCC2)NC1c1cc2c(cc1OC(F)F)NCCO2)c1cnn2cccnc12. The quantitative estimate of drug-likeness (QED) is 0.403. The monoisotopic (exact) mass is 554 g/mol. The number of nitrogens with one attached hydrogen (secondary N) is 3.